The Morgan fingerprint density at radius 1 is 1.35 bits per heavy atom. The van der Waals surface area contributed by atoms with Crippen molar-refractivity contribution < 1.29 is 23.5 Å². The SMILES string of the molecule is O=C(CN1C(=O)CSC1=S)NCCN1Cc2cc(F)ccc2OCC1=O. The van der Waals surface area contributed by atoms with E-state index in [1.807, 2.05) is 0 Å². The highest BCUT2D eigenvalue weighted by Gasteiger charge is 2.28. The zero-order valence-electron chi connectivity index (χ0n) is 13.7. The molecule has 1 aromatic carbocycles. The average Bonchev–Trinajstić information content (AvgIpc) is 2.82. The van der Waals surface area contributed by atoms with Crippen LogP contribution in [0.3, 0.4) is 0 Å². The van der Waals surface area contributed by atoms with Crippen LogP contribution in [0, 0.1) is 5.82 Å². The molecule has 1 saturated heterocycles. The summed E-state index contributed by atoms with van der Waals surface area (Å²) in [6.07, 6.45) is 0. The number of carbonyl (C=O) groups excluding carboxylic acids is 3. The summed E-state index contributed by atoms with van der Waals surface area (Å²) >= 11 is 6.25. The smallest absolute Gasteiger partial charge is 0.260 e. The average molecular weight is 397 g/mol. The number of rotatable bonds is 5. The zero-order chi connectivity index (χ0) is 18.7. The van der Waals surface area contributed by atoms with E-state index in [1.165, 1.54) is 39.8 Å². The molecule has 2 heterocycles. The summed E-state index contributed by atoms with van der Waals surface area (Å²) in [5.41, 5.74) is 0.576. The van der Waals surface area contributed by atoms with Gasteiger partial charge in [-0.3, -0.25) is 19.3 Å². The molecule has 0 spiro atoms. The third kappa shape index (κ3) is 4.31. The first-order chi connectivity index (χ1) is 12.4. The molecule has 0 radical (unpaired) electrons. The second-order valence-corrected chi connectivity index (χ2v) is 7.35. The van der Waals surface area contributed by atoms with Crippen molar-refractivity contribution in [2.75, 3.05) is 32.0 Å². The number of benzene rings is 1. The minimum Gasteiger partial charge on any atom is -0.483 e. The standard InChI is InChI=1S/C16H16FN3O4S2/c17-11-1-2-12-10(5-11)6-19(14(22)8-24-12)4-3-18-13(21)7-20-15(23)9-26-16(20)25/h1-2,5H,3-4,6-9H2,(H,18,21). The molecule has 7 nitrogen and oxygen atoms in total. The van der Waals surface area contributed by atoms with E-state index in [0.717, 1.165) is 0 Å². The van der Waals surface area contributed by atoms with Crippen molar-refractivity contribution >= 4 is 46.0 Å². The van der Waals surface area contributed by atoms with E-state index >= 15 is 0 Å². The van der Waals surface area contributed by atoms with Gasteiger partial charge in [-0.1, -0.05) is 24.0 Å². The fourth-order valence-corrected chi connectivity index (χ4v) is 3.67. The number of fused-ring (bicyclic) bond motifs is 1. The van der Waals surface area contributed by atoms with Gasteiger partial charge in [0.05, 0.1) is 5.75 Å². The minimum absolute atomic E-state index is 0.129. The molecule has 2 aliphatic rings. The molecular weight excluding hydrogens is 381 g/mol. The monoisotopic (exact) mass is 397 g/mol. The number of carbonyl (C=O) groups is 3. The van der Waals surface area contributed by atoms with Gasteiger partial charge in [-0.15, -0.1) is 0 Å². The minimum atomic E-state index is -0.404. The Bertz CT molecular complexity index is 758. The van der Waals surface area contributed by atoms with E-state index in [9.17, 15) is 18.8 Å². The zero-order valence-corrected chi connectivity index (χ0v) is 15.3. The Hall–Kier alpha value is -2.20. The van der Waals surface area contributed by atoms with Crippen molar-refractivity contribution in [1.82, 2.24) is 15.1 Å². The van der Waals surface area contributed by atoms with Gasteiger partial charge in [0.15, 0.2) is 6.61 Å². The molecule has 138 valence electrons. The molecule has 1 aromatic rings. The lowest BCUT2D eigenvalue weighted by atomic mass is 10.2. The van der Waals surface area contributed by atoms with Crippen LogP contribution in [0.15, 0.2) is 18.2 Å². The van der Waals surface area contributed by atoms with Crippen LogP contribution < -0.4 is 10.1 Å². The molecule has 0 aliphatic carbocycles. The number of hydrogen-bond donors (Lipinski definition) is 1. The fourth-order valence-electron chi connectivity index (χ4n) is 2.60. The van der Waals surface area contributed by atoms with Crippen molar-refractivity contribution in [2.24, 2.45) is 0 Å². The van der Waals surface area contributed by atoms with E-state index in [1.54, 1.807) is 0 Å². The van der Waals surface area contributed by atoms with Gasteiger partial charge in [-0.25, -0.2) is 4.39 Å². The van der Waals surface area contributed by atoms with Crippen molar-refractivity contribution in [2.45, 2.75) is 6.54 Å². The Balaban J connectivity index is 1.52. The molecular formula is C16H16FN3O4S2. The predicted molar refractivity (Wildman–Crippen MR) is 97.1 cm³/mol. The van der Waals surface area contributed by atoms with Gasteiger partial charge < -0.3 is 15.0 Å². The molecule has 26 heavy (non-hydrogen) atoms. The number of ether oxygens (including phenoxy) is 1. The number of nitrogens with zero attached hydrogens (tertiary/aromatic N) is 2. The summed E-state index contributed by atoms with van der Waals surface area (Å²) in [7, 11) is 0. The molecule has 3 amide bonds. The Labute approximate surface area is 158 Å². The van der Waals surface area contributed by atoms with Gasteiger partial charge in [-0.05, 0) is 18.2 Å². The third-order valence-corrected chi connectivity index (χ3v) is 5.37. The summed E-state index contributed by atoms with van der Waals surface area (Å²) in [5.74, 6) is -0.460. The van der Waals surface area contributed by atoms with Crippen LogP contribution in [-0.4, -0.2) is 63.8 Å². The maximum Gasteiger partial charge on any atom is 0.260 e. The van der Waals surface area contributed by atoms with E-state index < -0.39 is 5.82 Å². The van der Waals surface area contributed by atoms with Crippen LogP contribution >= 0.6 is 24.0 Å². The van der Waals surface area contributed by atoms with E-state index in [2.05, 4.69) is 5.32 Å². The molecule has 10 heteroatoms. The molecule has 0 saturated carbocycles. The first kappa shape index (κ1) is 18.6. The van der Waals surface area contributed by atoms with E-state index in [0.29, 0.717) is 15.6 Å². The predicted octanol–water partition coefficient (Wildman–Crippen LogP) is 0.523. The lowest BCUT2D eigenvalue weighted by Gasteiger charge is -2.21. The van der Waals surface area contributed by atoms with Crippen molar-refractivity contribution in [3.05, 3.63) is 29.6 Å². The van der Waals surface area contributed by atoms with Gasteiger partial charge in [0, 0.05) is 25.2 Å². The fraction of sp³-hybridized carbons (Fsp3) is 0.375. The first-order valence-corrected chi connectivity index (χ1v) is 9.26. The molecule has 3 rings (SSSR count). The number of thioether (sulfide) groups is 1. The summed E-state index contributed by atoms with van der Waals surface area (Å²) < 4.78 is 19.2. The third-order valence-electron chi connectivity index (χ3n) is 3.93. The number of hydrogen-bond acceptors (Lipinski definition) is 6. The number of thiocarbonyl (C=S) groups is 1. The quantitative estimate of drug-likeness (QED) is 0.730. The molecule has 0 unspecified atom stereocenters. The second kappa shape index (κ2) is 8.00. The highest BCUT2D eigenvalue weighted by atomic mass is 32.2. The van der Waals surface area contributed by atoms with Crippen molar-refractivity contribution in [3.63, 3.8) is 0 Å². The van der Waals surface area contributed by atoms with Gasteiger partial charge in [0.25, 0.3) is 5.91 Å². The van der Waals surface area contributed by atoms with Crippen LogP contribution in [0.2, 0.25) is 0 Å². The number of halogens is 1. The lowest BCUT2D eigenvalue weighted by molar-refractivity contribution is -0.133. The van der Waals surface area contributed by atoms with Crippen LogP contribution in [0.4, 0.5) is 4.39 Å². The Morgan fingerprint density at radius 2 is 2.15 bits per heavy atom. The van der Waals surface area contributed by atoms with Gasteiger partial charge in [0.1, 0.15) is 22.4 Å². The van der Waals surface area contributed by atoms with Crippen LogP contribution in [-0.2, 0) is 20.9 Å². The number of amides is 3. The Morgan fingerprint density at radius 3 is 2.88 bits per heavy atom. The summed E-state index contributed by atoms with van der Waals surface area (Å²) in [5, 5.41) is 2.66. The maximum absolute atomic E-state index is 13.4. The number of nitrogens with one attached hydrogen (secondary N) is 1. The molecule has 1 N–H and O–H groups in total. The summed E-state index contributed by atoms with van der Waals surface area (Å²) in [4.78, 5) is 38.5. The second-order valence-electron chi connectivity index (χ2n) is 5.74. The molecule has 2 aliphatic heterocycles. The van der Waals surface area contributed by atoms with Crippen LogP contribution in [0.5, 0.6) is 5.75 Å². The van der Waals surface area contributed by atoms with Gasteiger partial charge in [0.2, 0.25) is 11.8 Å². The van der Waals surface area contributed by atoms with Crippen molar-refractivity contribution in [1.29, 1.82) is 0 Å². The van der Waals surface area contributed by atoms with Crippen molar-refractivity contribution in [3.8, 4) is 5.75 Å². The van der Waals surface area contributed by atoms with Crippen LogP contribution in [0.25, 0.3) is 0 Å². The molecule has 1 fully saturated rings. The summed E-state index contributed by atoms with van der Waals surface area (Å²) in [6, 6.07) is 4.11. The highest BCUT2D eigenvalue weighted by molar-refractivity contribution is 8.23. The maximum atomic E-state index is 13.4. The van der Waals surface area contributed by atoms with E-state index in [4.69, 9.17) is 17.0 Å². The summed E-state index contributed by atoms with van der Waals surface area (Å²) in [6.45, 7) is 0.386. The van der Waals surface area contributed by atoms with E-state index in [-0.39, 0.29) is 56.3 Å². The molecule has 0 atom stereocenters. The Kier molecular flexibility index (Phi) is 5.72. The lowest BCUT2D eigenvalue weighted by Crippen LogP contribution is -2.43. The highest BCUT2D eigenvalue weighted by Crippen LogP contribution is 2.24. The van der Waals surface area contributed by atoms with Gasteiger partial charge >= 0.3 is 0 Å². The van der Waals surface area contributed by atoms with Crippen LogP contribution in [0.1, 0.15) is 5.56 Å². The first-order valence-electron chi connectivity index (χ1n) is 7.87. The normalized spacial score (nSPS) is 17.0. The topological polar surface area (TPSA) is 79.0 Å². The van der Waals surface area contributed by atoms with Gasteiger partial charge in [-0.2, -0.15) is 0 Å². The molecule has 0 aromatic heterocycles. The molecule has 0 bridgehead atoms. The largest absolute Gasteiger partial charge is 0.483 e.